The molecule has 6 nitrogen and oxygen atoms in total. The van der Waals surface area contributed by atoms with E-state index in [0.29, 0.717) is 29.2 Å². The second kappa shape index (κ2) is 4.73. The average molecular weight is 271 g/mol. The number of nitrogen functional groups attached to an aromatic ring is 1. The number of rotatable bonds is 3. The topological polar surface area (TPSA) is 83.3 Å². The summed E-state index contributed by atoms with van der Waals surface area (Å²) in [4.78, 5) is 16.1. The van der Waals surface area contributed by atoms with E-state index >= 15 is 0 Å². The van der Waals surface area contributed by atoms with Gasteiger partial charge in [0.25, 0.3) is 0 Å². The van der Waals surface area contributed by atoms with E-state index in [4.69, 9.17) is 14.9 Å². The van der Waals surface area contributed by atoms with Crippen LogP contribution in [0.15, 0.2) is 45.7 Å². The van der Waals surface area contributed by atoms with Gasteiger partial charge < -0.3 is 14.9 Å². The Kier molecular flexibility index (Phi) is 2.90. The molecule has 0 fully saturated rings. The zero-order valence-electron chi connectivity index (χ0n) is 10.9. The van der Waals surface area contributed by atoms with E-state index in [-0.39, 0.29) is 0 Å². The third-order valence-electron chi connectivity index (χ3n) is 3.06. The maximum Gasteiger partial charge on any atom is 0.420 e. The SMILES string of the molecule is COc1ncccc1Cn1c(=O)oc2cc(N)ccc21. The van der Waals surface area contributed by atoms with Crippen molar-refractivity contribution >= 4 is 16.8 Å². The number of anilines is 1. The molecule has 0 saturated carbocycles. The van der Waals surface area contributed by atoms with Crippen LogP contribution in [0.1, 0.15) is 5.56 Å². The molecule has 2 N–H and O–H groups in total. The van der Waals surface area contributed by atoms with Crippen LogP contribution in [0.5, 0.6) is 5.88 Å². The van der Waals surface area contributed by atoms with Crippen LogP contribution in [0.3, 0.4) is 0 Å². The average Bonchev–Trinajstić information content (AvgIpc) is 2.75. The molecular formula is C14H13N3O3. The van der Waals surface area contributed by atoms with Crippen molar-refractivity contribution in [3.63, 3.8) is 0 Å². The second-order valence-electron chi connectivity index (χ2n) is 4.35. The molecule has 3 aromatic rings. The van der Waals surface area contributed by atoms with E-state index in [2.05, 4.69) is 4.98 Å². The van der Waals surface area contributed by atoms with Crippen molar-refractivity contribution in [3.05, 3.63) is 52.6 Å². The van der Waals surface area contributed by atoms with Gasteiger partial charge in [0.2, 0.25) is 5.88 Å². The molecule has 0 radical (unpaired) electrons. The fourth-order valence-electron chi connectivity index (χ4n) is 2.13. The summed E-state index contributed by atoms with van der Waals surface area (Å²) in [5, 5.41) is 0. The Morgan fingerprint density at radius 3 is 3.05 bits per heavy atom. The summed E-state index contributed by atoms with van der Waals surface area (Å²) in [6, 6.07) is 8.78. The van der Waals surface area contributed by atoms with Crippen LogP contribution in [0.4, 0.5) is 5.69 Å². The first kappa shape index (κ1) is 12.3. The van der Waals surface area contributed by atoms with Crippen LogP contribution in [0.25, 0.3) is 11.1 Å². The Labute approximate surface area is 114 Å². The van der Waals surface area contributed by atoms with Crippen LogP contribution in [-0.2, 0) is 6.54 Å². The summed E-state index contributed by atoms with van der Waals surface area (Å²) in [5.74, 6) is 0.0562. The molecule has 0 aliphatic heterocycles. The van der Waals surface area contributed by atoms with Gasteiger partial charge in [0.1, 0.15) is 0 Å². The minimum atomic E-state index is -0.434. The van der Waals surface area contributed by atoms with Gasteiger partial charge in [0.05, 0.1) is 19.2 Å². The summed E-state index contributed by atoms with van der Waals surface area (Å²) in [7, 11) is 1.54. The molecule has 2 aromatic heterocycles. The van der Waals surface area contributed by atoms with Crippen LogP contribution in [-0.4, -0.2) is 16.7 Å². The van der Waals surface area contributed by atoms with E-state index < -0.39 is 5.76 Å². The lowest BCUT2D eigenvalue weighted by molar-refractivity contribution is 0.390. The zero-order chi connectivity index (χ0) is 14.1. The van der Waals surface area contributed by atoms with E-state index in [1.54, 1.807) is 37.6 Å². The fourth-order valence-corrected chi connectivity index (χ4v) is 2.13. The largest absolute Gasteiger partial charge is 0.481 e. The summed E-state index contributed by atoms with van der Waals surface area (Å²) in [5.41, 5.74) is 8.20. The van der Waals surface area contributed by atoms with E-state index in [1.165, 1.54) is 4.57 Å². The van der Waals surface area contributed by atoms with E-state index in [1.807, 2.05) is 6.07 Å². The van der Waals surface area contributed by atoms with E-state index in [0.717, 1.165) is 5.56 Å². The number of hydrogen-bond acceptors (Lipinski definition) is 5. The molecule has 0 spiro atoms. The lowest BCUT2D eigenvalue weighted by atomic mass is 10.2. The van der Waals surface area contributed by atoms with Gasteiger partial charge in [0.15, 0.2) is 5.58 Å². The number of ether oxygens (including phenoxy) is 1. The van der Waals surface area contributed by atoms with Crippen LogP contribution in [0, 0.1) is 0 Å². The minimum Gasteiger partial charge on any atom is -0.481 e. The smallest absolute Gasteiger partial charge is 0.420 e. The molecule has 0 saturated heterocycles. The minimum absolute atomic E-state index is 0.326. The molecule has 2 heterocycles. The number of fused-ring (bicyclic) bond motifs is 1. The van der Waals surface area contributed by atoms with Gasteiger partial charge in [-0.2, -0.15) is 0 Å². The molecular weight excluding hydrogens is 258 g/mol. The van der Waals surface area contributed by atoms with Crippen molar-refractivity contribution in [2.75, 3.05) is 12.8 Å². The Bertz CT molecular complexity index is 820. The van der Waals surface area contributed by atoms with Gasteiger partial charge in [-0.3, -0.25) is 4.57 Å². The standard InChI is InChI=1S/C14H13N3O3/c1-19-13-9(3-2-6-16-13)8-17-11-5-4-10(15)7-12(11)20-14(17)18/h2-7H,8,15H2,1H3. The molecule has 6 heteroatoms. The highest BCUT2D eigenvalue weighted by molar-refractivity contribution is 5.76. The van der Waals surface area contributed by atoms with Gasteiger partial charge >= 0.3 is 5.76 Å². The lowest BCUT2D eigenvalue weighted by Gasteiger charge is -2.07. The number of methoxy groups -OCH3 is 1. The van der Waals surface area contributed by atoms with Crippen LogP contribution >= 0.6 is 0 Å². The number of benzene rings is 1. The molecule has 0 aliphatic carbocycles. The molecule has 0 unspecified atom stereocenters. The van der Waals surface area contributed by atoms with Crippen LogP contribution < -0.4 is 16.2 Å². The summed E-state index contributed by atoms with van der Waals surface area (Å²) >= 11 is 0. The first-order valence-corrected chi connectivity index (χ1v) is 6.06. The summed E-state index contributed by atoms with van der Waals surface area (Å²) < 4.78 is 11.9. The predicted octanol–water partition coefficient (Wildman–Crippen LogP) is 1.63. The van der Waals surface area contributed by atoms with Crippen molar-refractivity contribution in [1.29, 1.82) is 0 Å². The third-order valence-corrected chi connectivity index (χ3v) is 3.06. The molecule has 0 bridgehead atoms. The van der Waals surface area contributed by atoms with Gasteiger partial charge in [0, 0.05) is 23.5 Å². The van der Waals surface area contributed by atoms with Gasteiger partial charge in [-0.25, -0.2) is 9.78 Å². The van der Waals surface area contributed by atoms with Crippen molar-refractivity contribution in [3.8, 4) is 5.88 Å². The van der Waals surface area contributed by atoms with Crippen LogP contribution in [0.2, 0.25) is 0 Å². The number of hydrogen-bond donors (Lipinski definition) is 1. The highest BCUT2D eigenvalue weighted by Gasteiger charge is 2.12. The number of oxazole rings is 1. The normalized spacial score (nSPS) is 10.8. The number of nitrogens with two attached hydrogens (primary N) is 1. The first-order chi connectivity index (χ1) is 9.69. The summed E-state index contributed by atoms with van der Waals surface area (Å²) in [6.07, 6.45) is 1.64. The quantitative estimate of drug-likeness (QED) is 0.732. The predicted molar refractivity (Wildman–Crippen MR) is 74.8 cm³/mol. The van der Waals surface area contributed by atoms with Crippen molar-refractivity contribution in [2.45, 2.75) is 6.54 Å². The Morgan fingerprint density at radius 1 is 1.40 bits per heavy atom. The maximum atomic E-state index is 11.9. The fraction of sp³-hybridized carbons (Fsp3) is 0.143. The molecule has 0 aliphatic rings. The highest BCUT2D eigenvalue weighted by Crippen LogP contribution is 2.20. The molecule has 102 valence electrons. The van der Waals surface area contributed by atoms with Gasteiger partial charge in [-0.15, -0.1) is 0 Å². The molecule has 3 rings (SSSR count). The zero-order valence-corrected chi connectivity index (χ0v) is 10.9. The molecule has 0 atom stereocenters. The third kappa shape index (κ3) is 2.01. The molecule has 1 aromatic carbocycles. The monoisotopic (exact) mass is 271 g/mol. The Hall–Kier alpha value is -2.76. The lowest BCUT2D eigenvalue weighted by Crippen LogP contribution is -2.15. The number of aromatic nitrogens is 2. The van der Waals surface area contributed by atoms with Gasteiger partial charge in [-0.1, -0.05) is 6.07 Å². The number of pyridine rings is 1. The van der Waals surface area contributed by atoms with Crippen molar-refractivity contribution < 1.29 is 9.15 Å². The Morgan fingerprint density at radius 2 is 2.25 bits per heavy atom. The highest BCUT2D eigenvalue weighted by atomic mass is 16.5. The number of nitrogens with zero attached hydrogens (tertiary/aromatic N) is 2. The van der Waals surface area contributed by atoms with Gasteiger partial charge in [-0.05, 0) is 18.2 Å². The van der Waals surface area contributed by atoms with Crippen molar-refractivity contribution in [1.82, 2.24) is 9.55 Å². The summed E-state index contributed by atoms with van der Waals surface area (Å²) in [6.45, 7) is 0.326. The molecule has 0 amide bonds. The maximum absolute atomic E-state index is 11.9. The van der Waals surface area contributed by atoms with E-state index in [9.17, 15) is 4.79 Å². The van der Waals surface area contributed by atoms with Crippen molar-refractivity contribution in [2.24, 2.45) is 0 Å². The molecule has 20 heavy (non-hydrogen) atoms. The Balaban J connectivity index is 2.11. The first-order valence-electron chi connectivity index (χ1n) is 6.06. The second-order valence-corrected chi connectivity index (χ2v) is 4.35.